The van der Waals surface area contributed by atoms with Gasteiger partial charge in [0, 0.05) is 32.4 Å². The number of hydrogen-bond acceptors (Lipinski definition) is 4. The predicted octanol–water partition coefficient (Wildman–Crippen LogP) is 2.32. The van der Waals surface area contributed by atoms with Crippen molar-refractivity contribution >= 4 is 23.4 Å². The number of carbonyl (C=O) groups excluding carboxylic acids is 2. The number of halogens is 1. The highest BCUT2D eigenvalue weighted by molar-refractivity contribution is 6.30. The van der Waals surface area contributed by atoms with Crippen LogP contribution in [0.25, 0.3) is 0 Å². The van der Waals surface area contributed by atoms with Gasteiger partial charge in [0.1, 0.15) is 12.0 Å². The van der Waals surface area contributed by atoms with Crippen LogP contribution in [0.5, 0.6) is 0 Å². The molecule has 1 fully saturated rings. The van der Waals surface area contributed by atoms with Gasteiger partial charge in [-0.3, -0.25) is 9.59 Å². The van der Waals surface area contributed by atoms with Gasteiger partial charge in [-0.15, -0.1) is 0 Å². The van der Waals surface area contributed by atoms with Gasteiger partial charge in [-0.1, -0.05) is 11.6 Å². The Morgan fingerprint density at radius 3 is 2.39 bits per heavy atom. The molecule has 1 aliphatic rings. The van der Waals surface area contributed by atoms with Gasteiger partial charge in [0.15, 0.2) is 0 Å². The van der Waals surface area contributed by atoms with Gasteiger partial charge in [-0.05, 0) is 24.6 Å². The molecule has 2 aromatic rings. The summed E-state index contributed by atoms with van der Waals surface area (Å²) in [7, 11) is 0. The lowest BCUT2D eigenvalue weighted by Gasteiger charge is -2.21. The minimum atomic E-state index is -0.140. The second-order valence-corrected chi connectivity index (χ2v) is 5.75. The molecule has 0 aromatic carbocycles. The van der Waals surface area contributed by atoms with Crippen LogP contribution in [0.2, 0.25) is 5.02 Å². The summed E-state index contributed by atoms with van der Waals surface area (Å²) >= 11 is 5.79. The highest BCUT2D eigenvalue weighted by Crippen LogP contribution is 2.13. The SMILES string of the molecule is O=C(c1ccoc1)N1CCCN(C(=O)c2ccc(Cl)cn2)CC1. The number of nitrogens with zero attached hydrogens (tertiary/aromatic N) is 3. The number of pyridine rings is 1. The van der Waals surface area contributed by atoms with E-state index in [0.29, 0.717) is 42.5 Å². The minimum Gasteiger partial charge on any atom is -0.472 e. The summed E-state index contributed by atoms with van der Waals surface area (Å²) in [4.78, 5) is 32.3. The zero-order chi connectivity index (χ0) is 16.2. The standard InChI is InChI=1S/C16H16ClN3O3/c17-13-2-3-14(18-10-13)16(22)20-6-1-5-19(7-8-20)15(21)12-4-9-23-11-12/h2-4,9-11H,1,5-8H2. The van der Waals surface area contributed by atoms with Crippen molar-refractivity contribution in [3.05, 3.63) is 53.2 Å². The van der Waals surface area contributed by atoms with E-state index >= 15 is 0 Å². The predicted molar refractivity (Wildman–Crippen MR) is 84.4 cm³/mol. The maximum absolute atomic E-state index is 12.5. The van der Waals surface area contributed by atoms with Crippen LogP contribution in [0.3, 0.4) is 0 Å². The fraction of sp³-hybridized carbons (Fsp3) is 0.312. The van der Waals surface area contributed by atoms with Crippen LogP contribution >= 0.6 is 11.6 Å². The molecule has 3 rings (SSSR count). The molecule has 0 radical (unpaired) electrons. The number of amides is 2. The average molecular weight is 334 g/mol. The molecule has 0 saturated carbocycles. The van der Waals surface area contributed by atoms with Gasteiger partial charge in [0.05, 0.1) is 16.8 Å². The van der Waals surface area contributed by atoms with Gasteiger partial charge in [0.25, 0.3) is 11.8 Å². The van der Waals surface area contributed by atoms with E-state index in [9.17, 15) is 9.59 Å². The van der Waals surface area contributed by atoms with Crippen molar-refractivity contribution in [1.29, 1.82) is 0 Å². The van der Waals surface area contributed by atoms with Crippen LogP contribution in [0.4, 0.5) is 0 Å². The van der Waals surface area contributed by atoms with Crippen molar-refractivity contribution < 1.29 is 14.0 Å². The monoisotopic (exact) mass is 333 g/mol. The average Bonchev–Trinajstić information content (AvgIpc) is 2.99. The Bertz CT molecular complexity index is 685. The molecule has 2 amide bonds. The molecular weight excluding hydrogens is 318 g/mol. The van der Waals surface area contributed by atoms with Crippen LogP contribution < -0.4 is 0 Å². The molecule has 3 heterocycles. The fourth-order valence-corrected chi connectivity index (χ4v) is 2.67. The highest BCUT2D eigenvalue weighted by Gasteiger charge is 2.24. The van der Waals surface area contributed by atoms with Crippen LogP contribution in [-0.4, -0.2) is 52.8 Å². The molecule has 23 heavy (non-hydrogen) atoms. The summed E-state index contributed by atoms with van der Waals surface area (Å²) in [6.07, 6.45) is 5.10. The Kier molecular flexibility index (Phi) is 4.62. The zero-order valence-electron chi connectivity index (χ0n) is 12.4. The van der Waals surface area contributed by atoms with Crippen molar-refractivity contribution in [2.45, 2.75) is 6.42 Å². The quantitative estimate of drug-likeness (QED) is 0.846. The third-order valence-electron chi connectivity index (χ3n) is 3.78. The third-order valence-corrected chi connectivity index (χ3v) is 4.01. The lowest BCUT2D eigenvalue weighted by molar-refractivity contribution is 0.0715. The lowest BCUT2D eigenvalue weighted by atomic mass is 10.3. The number of carbonyl (C=O) groups is 2. The van der Waals surface area contributed by atoms with Gasteiger partial charge in [0.2, 0.25) is 0 Å². The molecule has 0 aliphatic carbocycles. The van der Waals surface area contributed by atoms with E-state index in [1.165, 1.54) is 18.7 Å². The Labute approximate surface area is 138 Å². The van der Waals surface area contributed by atoms with Gasteiger partial charge < -0.3 is 14.2 Å². The van der Waals surface area contributed by atoms with Crippen LogP contribution in [0, 0.1) is 0 Å². The van der Waals surface area contributed by atoms with E-state index < -0.39 is 0 Å². The Morgan fingerprint density at radius 2 is 1.78 bits per heavy atom. The van der Waals surface area contributed by atoms with E-state index in [2.05, 4.69) is 4.98 Å². The highest BCUT2D eigenvalue weighted by atomic mass is 35.5. The van der Waals surface area contributed by atoms with Crippen LogP contribution in [0.1, 0.15) is 27.3 Å². The second-order valence-electron chi connectivity index (χ2n) is 5.31. The molecular formula is C16H16ClN3O3. The summed E-state index contributed by atoms with van der Waals surface area (Å²) in [5, 5.41) is 0.495. The Morgan fingerprint density at radius 1 is 1.04 bits per heavy atom. The Balaban J connectivity index is 1.65. The maximum atomic E-state index is 12.5. The van der Waals surface area contributed by atoms with Crippen molar-refractivity contribution in [2.24, 2.45) is 0 Å². The number of hydrogen-bond donors (Lipinski definition) is 0. The molecule has 0 spiro atoms. The van der Waals surface area contributed by atoms with Crippen molar-refractivity contribution in [1.82, 2.24) is 14.8 Å². The second kappa shape index (κ2) is 6.83. The summed E-state index contributed by atoms with van der Waals surface area (Å²) in [5.41, 5.74) is 0.896. The normalized spacial score (nSPS) is 15.3. The largest absolute Gasteiger partial charge is 0.472 e. The minimum absolute atomic E-state index is 0.0716. The van der Waals surface area contributed by atoms with Crippen molar-refractivity contribution in [3.63, 3.8) is 0 Å². The number of furan rings is 1. The first-order valence-electron chi connectivity index (χ1n) is 7.37. The smallest absolute Gasteiger partial charge is 0.272 e. The molecule has 0 unspecified atom stereocenters. The van der Waals surface area contributed by atoms with Crippen LogP contribution in [-0.2, 0) is 0 Å². The van der Waals surface area contributed by atoms with E-state index in [1.54, 1.807) is 28.0 Å². The summed E-state index contributed by atoms with van der Waals surface area (Å²) in [6, 6.07) is 4.91. The van der Waals surface area contributed by atoms with Crippen LogP contribution in [0.15, 0.2) is 41.3 Å². The molecule has 0 atom stereocenters. The first-order chi connectivity index (χ1) is 11.1. The summed E-state index contributed by atoms with van der Waals surface area (Å²) in [5.74, 6) is -0.211. The summed E-state index contributed by atoms with van der Waals surface area (Å²) in [6.45, 7) is 2.18. The summed E-state index contributed by atoms with van der Waals surface area (Å²) < 4.78 is 4.95. The van der Waals surface area contributed by atoms with Gasteiger partial charge >= 0.3 is 0 Å². The van der Waals surface area contributed by atoms with E-state index in [4.69, 9.17) is 16.0 Å². The van der Waals surface area contributed by atoms with E-state index in [0.717, 1.165) is 6.42 Å². The topological polar surface area (TPSA) is 66.7 Å². The molecule has 2 aromatic heterocycles. The number of aromatic nitrogens is 1. The zero-order valence-corrected chi connectivity index (χ0v) is 13.2. The lowest BCUT2D eigenvalue weighted by Crippen LogP contribution is -2.37. The first kappa shape index (κ1) is 15.6. The maximum Gasteiger partial charge on any atom is 0.272 e. The molecule has 1 saturated heterocycles. The molecule has 120 valence electrons. The molecule has 7 heteroatoms. The third kappa shape index (κ3) is 3.53. The van der Waals surface area contributed by atoms with Crippen molar-refractivity contribution in [2.75, 3.05) is 26.2 Å². The van der Waals surface area contributed by atoms with E-state index in [1.807, 2.05) is 0 Å². The van der Waals surface area contributed by atoms with Crippen molar-refractivity contribution in [3.8, 4) is 0 Å². The van der Waals surface area contributed by atoms with E-state index in [-0.39, 0.29) is 11.8 Å². The number of rotatable bonds is 2. The fourth-order valence-electron chi connectivity index (χ4n) is 2.56. The Hall–Kier alpha value is -2.34. The molecule has 6 nitrogen and oxygen atoms in total. The molecule has 0 bridgehead atoms. The van der Waals surface area contributed by atoms with Gasteiger partial charge in [-0.2, -0.15) is 0 Å². The first-order valence-corrected chi connectivity index (χ1v) is 7.75. The molecule has 0 N–H and O–H groups in total. The molecule has 1 aliphatic heterocycles. The van der Waals surface area contributed by atoms with Gasteiger partial charge in [-0.25, -0.2) is 4.98 Å².